The first-order valence-corrected chi connectivity index (χ1v) is 11.9. The van der Waals surface area contributed by atoms with E-state index in [9.17, 15) is 4.79 Å². The zero-order valence-corrected chi connectivity index (χ0v) is 20.3. The smallest absolute Gasteiger partial charge is 0.259 e. The van der Waals surface area contributed by atoms with Crippen molar-refractivity contribution in [2.75, 3.05) is 12.3 Å². The van der Waals surface area contributed by atoms with E-state index in [2.05, 4.69) is 15.0 Å². The first kappa shape index (κ1) is 23.0. The molecule has 8 heteroatoms. The molecule has 4 aromatic rings. The molecule has 1 aliphatic heterocycles. The number of fused-ring (bicyclic) bond motifs is 1. The highest BCUT2D eigenvalue weighted by atomic mass is 16.5. The number of nitrogens with zero attached hydrogens (tertiary/aromatic N) is 5. The molecule has 8 nitrogen and oxygen atoms in total. The highest BCUT2D eigenvalue weighted by molar-refractivity contribution is 5.38. The standard InChI is InChI=1S/C27H30N6O2/c1-27(2,3)25-30-22(31-35-25)17-32-15-14-20-21(16-32)29-26(28)33(24(20)34)23(18-10-6-4-7-11-18)19-12-8-5-9-13-19/h4-13,23H,14-17H2,1-3H3,(H2,28,29). The fourth-order valence-corrected chi connectivity index (χ4v) is 4.54. The lowest BCUT2D eigenvalue weighted by molar-refractivity contribution is 0.229. The number of benzene rings is 2. The minimum Gasteiger partial charge on any atom is -0.369 e. The molecule has 2 N–H and O–H groups in total. The Kier molecular flexibility index (Phi) is 5.98. The summed E-state index contributed by atoms with van der Waals surface area (Å²) in [7, 11) is 0. The van der Waals surface area contributed by atoms with Gasteiger partial charge in [0, 0.05) is 24.1 Å². The maximum Gasteiger partial charge on any atom is 0.259 e. The minimum atomic E-state index is -0.351. The zero-order chi connectivity index (χ0) is 24.6. The van der Waals surface area contributed by atoms with Gasteiger partial charge in [-0.15, -0.1) is 0 Å². The summed E-state index contributed by atoms with van der Waals surface area (Å²) in [6.45, 7) is 7.86. The topological polar surface area (TPSA) is 103 Å². The fourth-order valence-electron chi connectivity index (χ4n) is 4.54. The van der Waals surface area contributed by atoms with Crippen molar-refractivity contribution in [1.29, 1.82) is 0 Å². The molecule has 35 heavy (non-hydrogen) atoms. The van der Waals surface area contributed by atoms with Gasteiger partial charge < -0.3 is 10.3 Å². The van der Waals surface area contributed by atoms with Crippen molar-refractivity contribution in [3.8, 4) is 0 Å². The summed E-state index contributed by atoms with van der Waals surface area (Å²) in [5, 5.41) is 4.13. The van der Waals surface area contributed by atoms with Crippen LogP contribution in [0.2, 0.25) is 0 Å². The largest absolute Gasteiger partial charge is 0.369 e. The molecule has 0 radical (unpaired) electrons. The predicted octanol–water partition coefficient (Wildman–Crippen LogP) is 3.70. The summed E-state index contributed by atoms with van der Waals surface area (Å²) < 4.78 is 7.06. The van der Waals surface area contributed by atoms with E-state index in [1.165, 1.54) is 0 Å². The molecule has 5 rings (SSSR count). The Balaban J connectivity index is 1.47. The lowest BCUT2D eigenvalue weighted by atomic mass is 9.97. The number of rotatable bonds is 5. The molecule has 2 aromatic carbocycles. The number of anilines is 1. The second-order valence-electron chi connectivity index (χ2n) is 10.0. The second kappa shape index (κ2) is 9.11. The van der Waals surface area contributed by atoms with Crippen molar-refractivity contribution < 1.29 is 4.52 Å². The van der Waals surface area contributed by atoms with Crippen LogP contribution in [0.4, 0.5) is 5.95 Å². The Bertz CT molecular complexity index is 1330. The Hall–Kier alpha value is -3.78. The van der Waals surface area contributed by atoms with Crippen LogP contribution < -0.4 is 11.3 Å². The third kappa shape index (κ3) is 4.61. The Labute approximate surface area is 204 Å². The van der Waals surface area contributed by atoms with Gasteiger partial charge in [0.15, 0.2) is 5.82 Å². The zero-order valence-electron chi connectivity index (χ0n) is 20.3. The van der Waals surface area contributed by atoms with E-state index in [0.717, 1.165) is 22.4 Å². The van der Waals surface area contributed by atoms with Gasteiger partial charge >= 0.3 is 0 Å². The maximum atomic E-state index is 13.8. The molecule has 0 aliphatic carbocycles. The van der Waals surface area contributed by atoms with Crippen molar-refractivity contribution in [3.05, 3.63) is 105 Å². The third-order valence-corrected chi connectivity index (χ3v) is 6.34. The molecule has 0 saturated heterocycles. The minimum absolute atomic E-state index is 0.0839. The summed E-state index contributed by atoms with van der Waals surface area (Å²) in [4.78, 5) is 25.2. The van der Waals surface area contributed by atoms with Gasteiger partial charge in [0.25, 0.3) is 5.56 Å². The van der Waals surface area contributed by atoms with Crippen molar-refractivity contribution in [2.45, 2.75) is 51.7 Å². The Morgan fingerprint density at radius 2 is 1.63 bits per heavy atom. The van der Waals surface area contributed by atoms with E-state index in [-0.39, 0.29) is 23.0 Å². The molecule has 0 spiro atoms. The monoisotopic (exact) mass is 470 g/mol. The van der Waals surface area contributed by atoms with E-state index in [4.69, 9.17) is 15.2 Å². The first-order chi connectivity index (χ1) is 16.8. The quantitative estimate of drug-likeness (QED) is 0.474. The van der Waals surface area contributed by atoms with Gasteiger partial charge in [0.1, 0.15) is 0 Å². The molecule has 0 bridgehead atoms. The molecule has 0 saturated carbocycles. The van der Waals surface area contributed by atoms with Crippen molar-refractivity contribution in [2.24, 2.45) is 0 Å². The van der Waals surface area contributed by atoms with Crippen LogP contribution in [0.15, 0.2) is 70.0 Å². The second-order valence-corrected chi connectivity index (χ2v) is 10.0. The molecule has 0 amide bonds. The number of hydrogen-bond acceptors (Lipinski definition) is 7. The van der Waals surface area contributed by atoms with Crippen molar-refractivity contribution >= 4 is 5.95 Å². The lowest BCUT2D eigenvalue weighted by Gasteiger charge is -2.29. The van der Waals surface area contributed by atoms with Crippen molar-refractivity contribution in [3.63, 3.8) is 0 Å². The van der Waals surface area contributed by atoms with E-state index < -0.39 is 0 Å². The highest BCUT2D eigenvalue weighted by Crippen LogP contribution is 2.28. The molecule has 180 valence electrons. The van der Waals surface area contributed by atoms with Crippen LogP contribution in [0.5, 0.6) is 0 Å². The Morgan fingerprint density at radius 3 is 2.20 bits per heavy atom. The summed E-state index contributed by atoms with van der Waals surface area (Å²) in [5.41, 5.74) is 9.59. The molecule has 0 atom stereocenters. The summed E-state index contributed by atoms with van der Waals surface area (Å²) in [6.07, 6.45) is 0.585. The van der Waals surface area contributed by atoms with Gasteiger partial charge in [0.05, 0.1) is 18.3 Å². The first-order valence-electron chi connectivity index (χ1n) is 11.9. The van der Waals surface area contributed by atoms with Gasteiger partial charge in [-0.2, -0.15) is 4.98 Å². The molecule has 3 heterocycles. The number of nitrogens with two attached hydrogens (primary N) is 1. The average Bonchev–Trinajstić information content (AvgIpc) is 3.32. The molecular formula is C27H30N6O2. The van der Waals surface area contributed by atoms with Gasteiger partial charge in [0.2, 0.25) is 11.8 Å². The summed E-state index contributed by atoms with van der Waals surface area (Å²) in [5.74, 6) is 1.46. The Morgan fingerprint density at radius 1 is 1.00 bits per heavy atom. The summed E-state index contributed by atoms with van der Waals surface area (Å²) in [6, 6.07) is 19.5. The predicted molar refractivity (Wildman–Crippen MR) is 134 cm³/mol. The number of aromatic nitrogens is 4. The van der Waals surface area contributed by atoms with Crippen LogP contribution in [0.3, 0.4) is 0 Å². The fraction of sp³-hybridized carbons (Fsp3) is 0.333. The van der Waals surface area contributed by atoms with Gasteiger partial charge in [-0.25, -0.2) is 4.98 Å². The van der Waals surface area contributed by atoms with E-state index in [0.29, 0.717) is 37.8 Å². The van der Waals surface area contributed by atoms with Crippen LogP contribution in [0.25, 0.3) is 0 Å². The van der Waals surface area contributed by atoms with Crippen LogP contribution in [0.1, 0.15) is 60.9 Å². The molecule has 1 aliphatic rings. The van der Waals surface area contributed by atoms with Gasteiger partial charge in [-0.1, -0.05) is 86.6 Å². The average molecular weight is 471 g/mol. The van der Waals surface area contributed by atoms with Crippen molar-refractivity contribution in [1.82, 2.24) is 24.6 Å². The molecule has 0 unspecified atom stereocenters. The maximum absolute atomic E-state index is 13.8. The molecule has 2 aromatic heterocycles. The van der Waals surface area contributed by atoms with Gasteiger partial charge in [-0.3, -0.25) is 14.3 Å². The van der Waals surface area contributed by atoms with Crippen LogP contribution in [-0.4, -0.2) is 31.1 Å². The summed E-state index contributed by atoms with van der Waals surface area (Å²) >= 11 is 0. The van der Waals surface area contributed by atoms with E-state index in [1.54, 1.807) is 4.57 Å². The van der Waals surface area contributed by atoms with E-state index in [1.807, 2.05) is 81.4 Å². The molecule has 0 fully saturated rings. The van der Waals surface area contributed by atoms with E-state index >= 15 is 0 Å². The number of hydrogen-bond donors (Lipinski definition) is 1. The normalized spacial score (nSPS) is 14.3. The highest BCUT2D eigenvalue weighted by Gasteiger charge is 2.28. The van der Waals surface area contributed by atoms with Gasteiger partial charge in [-0.05, 0) is 17.5 Å². The van der Waals surface area contributed by atoms with Crippen LogP contribution in [0, 0.1) is 0 Å². The van der Waals surface area contributed by atoms with Crippen LogP contribution >= 0.6 is 0 Å². The molecular weight excluding hydrogens is 440 g/mol. The third-order valence-electron chi connectivity index (χ3n) is 6.34. The lowest BCUT2D eigenvalue weighted by Crippen LogP contribution is -2.39. The van der Waals surface area contributed by atoms with Crippen LogP contribution in [-0.2, 0) is 24.9 Å². The number of nitrogen functional groups attached to an aromatic ring is 1. The SMILES string of the molecule is CC(C)(C)c1nc(CN2CCc3c(nc(N)n(C(c4ccccc4)c4ccccc4)c3=O)C2)no1.